The number of carbonyl (C=O) groups excluding carboxylic acids is 10. The Bertz CT molecular complexity index is 2510. The fourth-order valence-corrected chi connectivity index (χ4v) is 17.4. The number of allylic oxidation sites excluding steroid dienone is 4. The van der Waals surface area contributed by atoms with E-state index in [0.717, 1.165) is 30.8 Å². The molecule has 2 saturated heterocycles. The number of rotatable bonds is 30. The number of hydrogen-bond donors (Lipinski definition) is 2. The fraction of sp³-hybridized carbons (Fsp3) is 0.710. The van der Waals surface area contributed by atoms with E-state index in [1.54, 1.807) is 68.0 Å². The van der Waals surface area contributed by atoms with Crippen molar-refractivity contribution in [1.82, 2.24) is 30.2 Å². The van der Waals surface area contributed by atoms with Crippen LogP contribution in [0.15, 0.2) is 37.5 Å². The van der Waals surface area contributed by atoms with Crippen molar-refractivity contribution in [3.05, 3.63) is 37.5 Å². The molecule has 2 heterocycles. The third-order valence-electron chi connectivity index (χ3n) is 16.2. The summed E-state index contributed by atoms with van der Waals surface area (Å²) in [6.45, 7) is 25.7. The molecule has 0 spiro atoms. The average Bonchev–Trinajstić information content (AvgIpc) is 1.71. The number of thioether (sulfide) groups is 4. The number of hydrogen-bond acceptors (Lipinski definition) is 18. The lowest BCUT2D eigenvalue weighted by Crippen LogP contribution is -2.43. The van der Waals surface area contributed by atoms with Crippen LogP contribution in [0.2, 0.25) is 0 Å². The second-order valence-corrected chi connectivity index (χ2v) is 32.3. The molecule has 4 fully saturated rings. The second kappa shape index (κ2) is 33.6. The predicted molar refractivity (Wildman–Crippen MR) is 352 cm³/mol. The number of amides is 8. The maximum atomic E-state index is 13.4. The Morgan fingerprint density at radius 1 is 0.616 bits per heavy atom. The Balaban J connectivity index is 0.000000369. The molecule has 12 atom stereocenters. The molecule has 2 aliphatic heterocycles. The first-order valence-electron chi connectivity index (χ1n) is 29.9. The molecule has 18 nitrogen and oxygen atoms in total. The number of fused-ring (bicyclic) bond motifs is 6. The third-order valence-corrected chi connectivity index (χ3v) is 22.2. The molecule has 86 heavy (non-hydrogen) atoms. The Morgan fingerprint density at radius 3 is 1.26 bits per heavy atom. The van der Waals surface area contributed by atoms with Gasteiger partial charge in [-0.1, -0.05) is 86.1 Å². The molecule has 8 amide bonds. The van der Waals surface area contributed by atoms with Crippen LogP contribution in [0.3, 0.4) is 0 Å². The Labute approximate surface area is 538 Å². The average molecular weight is 1310 g/mol. The molecule has 2 saturated carbocycles. The van der Waals surface area contributed by atoms with Gasteiger partial charge in [0.1, 0.15) is 20.3 Å². The zero-order valence-corrected chi connectivity index (χ0v) is 57.7. The minimum atomic E-state index is -1.09. The van der Waals surface area contributed by atoms with Gasteiger partial charge in [0.15, 0.2) is 0 Å². The lowest BCUT2D eigenvalue weighted by atomic mass is 9.80. The van der Waals surface area contributed by atoms with Crippen molar-refractivity contribution in [3.63, 3.8) is 0 Å². The molecular weight excluding hydrogens is 1210 g/mol. The first-order chi connectivity index (χ1) is 40.3. The van der Waals surface area contributed by atoms with Gasteiger partial charge in [-0.2, -0.15) is 0 Å². The first kappa shape index (κ1) is 74.4. The van der Waals surface area contributed by atoms with Crippen LogP contribution in [0, 0.1) is 70.0 Å². The monoisotopic (exact) mass is 1310 g/mol. The fourth-order valence-electron chi connectivity index (χ4n) is 12.0. The maximum absolute atomic E-state index is 13.4. The van der Waals surface area contributed by atoms with E-state index >= 15 is 0 Å². The van der Waals surface area contributed by atoms with Crippen molar-refractivity contribution in [2.75, 3.05) is 66.0 Å². The molecule has 5 aliphatic rings. The summed E-state index contributed by atoms with van der Waals surface area (Å²) < 4.78 is 12.5. The molecule has 24 heteroatoms. The molecule has 3 aliphatic carbocycles. The van der Waals surface area contributed by atoms with E-state index in [1.165, 1.54) is 66.6 Å². The van der Waals surface area contributed by atoms with E-state index in [1.807, 2.05) is 39.8 Å². The van der Waals surface area contributed by atoms with Crippen LogP contribution in [0.4, 0.5) is 0 Å². The minimum absolute atomic E-state index is 0.0200. The van der Waals surface area contributed by atoms with E-state index in [-0.39, 0.29) is 147 Å². The standard InChI is InChI=1S/C32H49N3O6S3.C30H45N3O6S3/c1-10-15-43-31(42)44-23(27(37)34(8)9)17-22(26(36)33-19(4)5)18-32(6,7)30(40)41-14-13-35-28(38)24-20(11-2)16-21(12-3)25(24)29(35)39;1-8-13-41-29(40)42-21(25(35)32(6)7)15-20(24(34)31-17(2)3)16-30(4,5)28(38)39-12-11-33-26(36)22-18-9-10-19(14-18)23(22)27(33)37/h11-12,19-25H,2-3,10,13-18H2,1,4-9H3,(H,33,36);9-10,17-23H,8,11-16H2,1-7H3,(H,31,34)/t20?,21?,22?,23?,24-,25+;18?,19?,20?,21?,22-,23+. The van der Waals surface area contributed by atoms with Crippen molar-refractivity contribution in [2.45, 2.75) is 143 Å². The highest BCUT2D eigenvalue weighted by atomic mass is 32.2. The van der Waals surface area contributed by atoms with Crippen LogP contribution >= 0.6 is 71.5 Å². The maximum Gasteiger partial charge on any atom is 0.311 e. The number of carbonyl (C=O) groups is 10. The van der Waals surface area contributed by atoms with Gasteiger partial charge in [0.05, 0.1) is 58.1 Å². The minimum Gasteiger partial charge on any atom is -0.463 e. The third kappa shape index (κ3) is 19.7. The normalized spacial score (nSPS) is 23.4. The van der Waals surface area contributed by atoms with Crippen molar-refractivity contribution < 1.29 is 57.4 Å². The van der Waals surface area contributed by atoms with Crippen molar-refractivity contribution in [1.29, 1.82) is 0 Å². The molecule has 0 aromatic rings. The van der Waals surface area contributed by atoms with E-state index in [9.17, 15) is 47.9 Å². The van der Waals surface area contributed by atoms with E-state index < -0.39 is 56.9 Å². The molecule has 2 bridgehead atoms. The number of thiocarbonyl (C=S) groups is 2. The highest BCUT2D eigenvalue weighted by molar-refractivity contribution is 8.48. The molecule has 0 radical (unpaired) electrons. The summed E-state index contributed by atoms with van der Waals surface area (Å²) in [5.74, 6) is -3.82. The zero-order valence-electron chi connectivity index (χ0n) is 52.8. The SMILES string of the molecule is C=CC1CC(C=C)[C@@H]2C(=O)N(CCOC(=O)C(C)(C)CC(CC(SC(=S)SCCC)C(=O)N(C)C)C(=O)NC(C)C)C(=O)[C@H]12.CCCSC(=S)SC(CC(CC(C)(C)C(=O)OCCN1C(=O)[C@@H]2C3C=CC(C3)[C@@H]2C1=O)C(=O)NC(C)C)C(=O)N(C)C. The summed E-state index contributed by atoms with van der Waals surface area (Å²) in [6, 6.07) is -0.249. The van der Waals surface area contributed by atoms with E-state index in [4.69, 9.17) is 33.9 Å². The van der Waals surface area contributed by atoms with E-state index in [0.29, 0.717) is 13.5 Å². The summed E-state index contributed by atoms with van der Waals surface area (Å²) in [7, 11) is 6.68. The highest BCUT2D eigenvalue weighted by Gasteiger charge is 2.60. The lowest BCUT2D eigenvalue weighted by Gasteiger charge is -2.30. The summed E-state index contributed by atoms with van der Waals surface area (Å²) in [6.07, 6.45) is 11.7. The smallest absolute Gasteiger partial charge is 0.311 e. The second-order valence-electron chi connectivity index (χ2n) is 25.3. The number of ether oxygens (including phenoxy) is 2. The predicted octanol–water partition coefficient (Wildman–Crippen LogP) is 8.61. The quantitative estimate of drug-likeness (QED) is 0.0297. The number of nitrogens with zero attached hydrogens (tertiary/aromatic N) is 4. The van der Waals surface area contributed by atoms with Crippen LogP contribution in [-0.4, -0.2) is 174 Å². The molecular formula is C62H94N6O12S6. The summed E-state index contributed by atoms with van der Waals surface area (Å²) in [4.78, 5) is 137. The van der Waals surface area contributed by atoms with Crippen LogP contribution < -0.4 is 10.6 Å². The molecule has 8 unspecified atom stereocenters. The van der Waals surface area contributed by atoms with Gasteiger partial charge in [-0.15, -0.1) is 36.7 Å². The van der Waals surface area contributed by atoms with Gasteiger partial charge in [0, 0.05) is 52.1 Å². The van der Waals surface area contributed by atoms with Gasteiger partial charge in [-0.25, -0.2) is 0 Å². The summed E-state index contributed by atoms with van der Waals surface area (Å²) in [5.41, 5.74) is -2.16. The first-order valence-corrected chi connectivity index (χ1v) is 34.5. The Morgan fingerprint density at radius 2 is 0.953 bits per heavy atom. The zero-order chi connectivity index (χ0) is 64.7. The topological polar surface area (TPSA) is 226 Å². The number of likely N-dealkylation sites (tertiary alicyclic amines) is 2. The van der Waals surface area contributed by atoms with Crippen LogP contribution in [0.5, 0.6) is 0 Å². The molecule has 0 aromatic heterocycles. The van der Waals surface area contributed by atoms with Gasteiger partial charge in [-0.05, 0) is 142 Å². The number of esters is 2. The van der Waals surface area contributed by atoms with Crippen molar-refractivity contribution in [3.8, 4) is 0 Å². The Kier molecular flexibility index (Phi) is 29.1. The van der Waals surface area contributed by atoms with Crippen LogP contribution in [0.25, 0.3) is 0 Å². The van der Waals surface area contributed by atoms with Gasteiger partial charge < -0.3 is 29.9 Å². The number of imide groups is 2. The summed E-state index contributed by atoms with van der Waals surface area (Å²) >= 11 is 16.7. The van der Waals surface area contributed by atoms with Gasteiger partial charge in [0.2, 0.25) is 47.3 Å². The molecule has 2 N–H and O–H groups in total. The number of nitrogens with one attached hydrogen (secondary N) is 2. The molecule has 480 valence electrons. The van der Waals surface area contributed by atoms with Gasteiger partial charge in [-0.3, -0.25) is 57.7 Å². The van der Waals surface area contributed by atoms with E-state index in [2.05, 4.69) is 37.6 Å². The largest absolute Gasteiger partial charge is 0.463 e. The molecule has 0 aromatic carbocycles. The van der Waals surface area contributed by atoms with Crippen LogP contribution in [0.1, 0.15) is 121 Å². The summed E-state index contributed by atoms with van der Waals surface area (Å²) in [5, 5.41) is 4.69. The van der Waals surface area contributed by atoms with Gasteiger partial charge >= 0.3 is 11.9 Å². The highest BCUT2D eigenvalue weighted by Crippen LogP contribution is 2.53. The van der Waals surface area contributed by atoms with Crippen molar-refractivity contribution in [2.24, 2.45) is 70.0 Å². The van der Waals surface area contributed by atoms with Crippen molar-refractivity contribution >= 4 is 138 Å². The van der Waals surface area contributed by atoms with Crippen LogP contribution in [-0.2, 0) is 57.4 Å². The Hall–Kier alpha value is -4.10. The lowest BCUT2D eigenvalue weighted by molar-refractivity contribution is -0.158. The van der Waals surface area contributed by atoms with Gasteiger partial charge in [0.25, 0.3) is 0 Å². The molecule has 5 rings (SSSR count).